The first-order valence-electron chi connectivity index (χ1n) is 7.41. The molecular weight excluding hydrogens is 268 g/mol. The van der Waals surface area contributed by atoms with Crippen LogP contribution in [-0.4, -0.2) is 42.7 Å². The van der Waals surface area contributed by atoms with E-state index in [9.17, 15) is 9.90 Å². The Kier molecular flexibility index (Phi) is 5.44. The van der Waals surface area contributed by atoms with Crippen molar-refractivity contribution in [2.75, 3.05) is 26.7 Å². The van der Waals surface area contributed by atoms with E-state index in [4.69, 9.17) is 4.74 Å². The summed E-state index contributed by atoms with van der Waals surface area (Å²) in [5.74, 6) is 1.68. The Morgan fingerprint density at radius 1 is 1.43 bits per heavy atom. The zero-order valence-corrected chi connectivity index (χ0v) is 12.8. The lowest BCUT2D eigenvalue weighted by atomic mass is 9.96. The Hall–Kier alpha value is -1.75. The van der Waals surface area contributed by atoms with Gasteiger partial charge in [-0.2, -0.15) is 0 Å². The largest absolute Gasteiger partial charge is 0.508 e. The van der Waals surface area contributed by atoms with Crippen LogP contribution in [0.25, 0.3) is 0 Å². The molecule has 116 valence electrons. The fraction of sp³-hybridized carbons (Fsp3) is 0.562. The van der Waals surface area contributed by atoms with E-state index in [-0.39, 0.29) is 5.91 Å². The Bertz CT molecular complexity index is 482. The molecule has 0 saturated carbocycles. The van der Waals surface area contributed by atoms with Crippen molar-refractivity contribution in [1.29, 1.82) is 0 Å². The maximum atomic E-state index is 10.9. The number of phenolic OH excluding ortho intramolecular Hbond substituents is 1. The molecule has 1 amide bonds. The highest BCUT2D eigenvalue weighted by Gasteiger charge is 2.20. The molecule has 5 nitrogen and oxygen atoms in total. The van der Waals surface area contributed by atoms with Crippen molar-refractivity contribution in [3.63, 3.8) is 0 Å². The number of carbonyl (C=O) groups excluding carboxylic acids is 1. The fourth-order valence-corrected chi connectivity index (χ4v) is 2.69. The summed E-state index contributed by atoms with van der Waals surface area (Å²) < 4.78 is 5.20. The quantitative estimate of drug-likeness (QED) is 0.868. The maximum absolute atomic E-state index is 10.9. The molecule has 1 aromatic carbocycles. The highest BCUT2D eigenvalue weighted by Crippen LogP contribution is 2.26. The number of piperidine rings is 1. The first-order valence-corrected chi connectivity index (χ1v) is 7.41. The van der Waals surface area contributed by atoms with E-state index >= 15 is 0 Å². The standard InChI is InChI=1S/C16H24N2O3/c1-12(19)17-10-13-5-7-18(8-6-13)11-14-9-15(21-2)3-4-16(14)20/h3-4,9,13,20H,5-8,10-11H2,1-2H3,(H,17,19). The zero-order valence-electron chi connectivity index (χ0n) is 12.8. The number of ether oxygens (including phenoxy) is 1. The van der Waals surface area contributed by atoms with Gasteiger partial charge in [-0.05, 0) is 50.0 Å². The van der Waals surface area contributed by atoms with Gasteiger partial charge in [-0.15, -0.1) is 0 Å². The summed E-state index contributed by atoms with van der Waals surface area (Å²) in [6.07, 6.45) is 2.15. The van der Waals surface area contributed by atoms with Crippen molar-refractivity contribution in [3.8, 4) is 11.5 Å². The van der Waals surface area contributed by atoms with Crippen LogP contribution in [-0.2, 0) is 11.3 Å². The van der Waals surface area contributed by atoms with Crippen molar-refractivity contribution in [1.82, 2.24) is 10.2 Å². The predicted molar refractivity (Wildman–Crippen MR) is 81.3 cm³/mol. The summed E-state index contributed by atoms with van der Waals surface area (Å²) >= 11 is 0. The number of methoxy groups -OCH3 is 1. The van der Waals surface area contributed by atoms with Crippen LogP contribution in [0.5, 0.6) is 11.5 Å². The lowest BCUT2D eigenvalue weighted by Gasteiger charge is -2.32. The number of benzene rings is 1. The minimum atomic E-state index is 0.0405. The van der Waals surface area contributed by atoms with Crippen molar-refractivity contribution in [2.24, 2.45) is 5.92 Å². The molecule has 0 aromatic heterocycles. The van der Waals surface area contributed by atoms with Gasteiger partial charge in [-0.1, -0.05) is 0 Å². The minimum absolute atomic E-state index is 0.0405. The van der Waals surface area contributed by atoms with Crippen molar-refractivity contribution >= 4 is 5.91 Å². The molecule has 1 aliphatic heterocycles. The summed E-state index contributed by atoms with van der Waals surface area (Å²) in [5.41, 5.74) is 0.898. The summed E-state index contributed by atoms with van der Waals surface area (Å²) in [7, 11) is 1.63. The molecule has 1 saturated heterocycles. The smallest absolute Gasteiger partial charge is 0.216 e. The molecule has 5 heteroatoms. The summed E-state index contributed by atoms with van der Waals surface area (Å²) in [6.45, 7) is 5.03. The Labute approximate surface area is 125 Å². The van der Waals surface area contributed by atoms with E-state index in [0.717, 1.165) is 50.3 Å². The van der Waals surface area contributed by atoms with E-state index in [0.29, 0.717) is 11.7 Å². The molecule has 0 aliphatic carbocycles. The second kappa shape index (κ2) is 7.31. The third-order valence-electron chi connectivity index (χ3n) is 4.03. The third-order valence-corrected chi connectivity index (χ3v) is 4.03. The van der Waals surface area contributed by atoms with E-state index in [2.05, 4.69) is 10.2 Å². The molecule has 21 heavy (non-hydrogen) atoms. The monoisotopic (exact) mass is 292 g/mol. The molecule has 0 unspecified atom stereocenters. The van der Waals surface area contributed by atoms with Crippen LogP contribution in [0.15, 0.2) is 18.2 Å². The SMILES string of the molecule is COc1ccc(O)c(CN2CCC(CNC(C)=O)CC2)c1. The molecule has 1 aromatic rings. The molecule has 0 atom stereocenters. The molecule has 1 heterocycles. The number of aromatic hydroxyl groups is 1. The first-order chi connectivity index (χ1) is 10.1. The Morgan fingerprint density at radius 3 is 2.76 bits per heavy atom. The van der Waals surface area contributed by atoms with E-state index in [1.807, 2.05) is 6.07 Å². The van der Waals surface area contributed by atoms with Crippen LogP contribution in [0.3, 0.4) is 0 Å². The summed E-state index contributed by atoms with van der Waals surface area (Å²) in [6, 6.07) is 5.33. The zero-order chi connectivity index (χ0) is 15.2. The van der Waals surface area contributed by atoms with Gasteiger partial charge in [0.2, 0.25) is 5.91 Å². The molecule has 2 rings (SSSR count). The van der Waals surface area contributed by atoms with Gasteiger partial charge in [0, 0.05) is 25.6 Å². The topological polar surface area (TPSA) is 61.8 Å². The predicted octanol–water partition coefficient (Wildman–Crippen LogP) is 1.75. The molecule has 0 spiro atoms. The highest BCUT2D eigenvalue weighted by molar-refractivity contribution is 5.72. The Morgan fingerprint density at radius 2 is 2.14 bits per heavy atom. The second-order valence-corrected chi connectivity index (χ2v) is 5.65. The van der Waals surface area contributed by atoms with Crippen molar-refractivity contribution in [2.45, 2.75) is 26.3 Å². The van der Waals surface area contributed by atoms with Gasteiger partial charge in [0.15, 0.2) is 0 Å². The lowest BCUT2D eigenvalue weighted by Crippen LogP contribution is -2.37. The molecule has 1 aliphatic rings. The number of nitrogens with zero attached hydrogens (tertiary/aromatic N) is 1. The van der Waals surface area contributed by atoms with Crippen LogP contribution in [0.4, 0.5) is 0 Å². The number of rotatable bonds is 5. The van der Waals surface area contributed by atoms with Crippen molar-refractivity contribution < 1.29 is 14.6 Å². The van der Waals surface area contributed by atoms with Crippen LogP contribution in [0.1, 0.15) is 25.3 Å². The number of nitrogens with one attached hydrogen (secondary N) is 1. The lowest BCUT2D eigenvalue weighted by molar-refractivity contribution is -0.119. The van der Waals surface area contributed by atoms with Crippen molar-refractivity contribution in [3.05, 3.63) is 23.8 Å². The van der Waals surface area contributed by atoms with Gasteiger partial charge in [0.25, 0.3) is 0 Å². The first kappa shape index (κ1) is 15.6. The van der Waals surface area contributed by atoms with E-state index < -0.39 is 0 Å². The van der Waals surface area contributed by atoms with Gasteiger partial charge >= 0.3 is 0 Å². The van der Waals surface area contributed by atoms with E-state index in [1.165, 1.54) is 0 Å². The van der Waals surface area contributed by atoms with Gasteiger partial charge in [-0.3, -0.25) is 9.69 Å². The molecule has 2 N–H and O–H groups in total. The number of carbonyl (C=O) groups is 1. The number of hydrogen-bond donors (Lipinski definition) is 2. The number of phenols is 1. The van der Waals surface area contributed by atoms with E-state index in [1.54, 1.807) is 26.2 Å². The number of hydrogen-bond acceptors (Lipinski definition) is 4. The van der Waals surface area contributed by atoms with Crippen LogP contribution in [0, 0.1) is 5.92 Å². The molecule has 0 bridgehead atoms. The van der Waals surface area contributed by atoms with Gasteiger partial charge in [0.1, 0.15) is 11.5 Å². The fourth-order valence-electron chi connectivity index (χ4n) is 2.69. The van der Waals surface area contributed by atoms with Crippen LogP contribution >= 0.6 is 0 Å². The van der Waals surface area contributed by atoms with Gasteiger partial charge in [0.05, 0.1) is 7.11 Å². The second-order valence-electron chi connectivity index (χ2n) is 5.65. The molecule has 1 fully saturated rings. The minimum Gasteiger partial charge on any atom is -0.508 e. The normalized spacial score (nSPS) is 16.7. The molecular formula is C16H24N2O3. The van der Waals surface area contributed by atoms with Gasteiger partial charge in [-0.25, -0.2) is 0 Å². The number of amides is 1. The highest BCUT2D eigenvalue weighted by atomic mass is 16.5. The summed E-state index contributed by atoms with van der Waals surface area (Å²) in [4.78, 5) is 13.3. The number of likely N-dealkylation sites (tertiary alicyclic amines) is 1. The molecule has 0 radical (unpaired) electrons. The summed E-state index contributed by atoms with van der Waals surface area (Å²) in [5, 5.41) is 12.8. The van der Waals surface area contributed by atoms with Crippen LogP contribution < -0.4 is 10.1 Å². The average Bonchev–Trinajstić information content (AvgIpc) is 2.48. The third kappa shape index (κ3) is 4.63. The van der Waals surface area contributed by atoms with Gasteiger partial charge < -0.3 is 15.2 Å². The average molecular weight is 292 g/mol. The van der Waals surface area contributed by atoms with Crippen LogP contribution in [0.2, 0.25) is 0 Å². The maximum Gasteiger partial charge on any atom is 0.216 e. The Balaban J connectivity index is 1.84.